The third-order valence-corrected chi connectivity index (χ3v) is 10.5. The summed E-state index contributed by atoms with van der Waals surface area (Å²) in [5.41, 5.74) is 15.3. The van der Waals surface area contributed by atoms with Crippen molar-refractivity contribution in [2.24, 2.45) is 0 Å². The molecule has 10 nitrogen and oxygen atoms in total. The SMILES string of the molecule is C#Cc1ccc(-c2c3nc(c(-c4ccncc4)c4ccc([nH]4)c(-c4ccc(OCCOCCOCCOC)cc4)c4nc(c(-c5ccncc5)c5ccc2[nH]5)C=C4)C=C3)cc1. The summed E-state index contributed by atoms with van der Waals surface area (Å²) in [5.74, 6) is 3.49. The van der Waals surface area contributed by atoms with E-state index in [1.54, 1.807) is 31.9 Å². The fourth-order valence-electron chi connectivity index (χ4n) is 7.59. The first-order chi connectivity index (χ1) is 30.2. The summed E-state index contributed by atoms with van der Waals surface area (Å²) in [6.07, 6.45) is 21.3. The Morgan fingerprint density at radius 2 is 0.836 bits per heavy atom. The van der Waals surface area contributed by atoms with Gasteiger partial charge in [0.2, 0.25) is 0 Å². The van der Waals surface area contributed by atoms with E-state index in [1.165, 1.54) is 0 Å². The second-order valence-electron chi connectivity index (χ2n) is 14.3. The van der Waals surface area contributed by atoms with Crippen LogP contribution in [0.1, 0.15) is 28.3 Å². The minimum atomic E-state index is 0.415. The van der Waals surface area contributed by atoms with Crippen LogP contribution in [0.3, 0.4) is 0 Å². The molecule has 2 aromatic carbocycles. The molecule has 300 valence electrons. The van der Waals surface area contributed by atoms with Gasteiger partial charge >= 0.3 is 0 Å². The van der Waals surface area contributed by atoms with Crippen LogP contribution in [0.15, 0.2) is 122 Å². The van der Waals surface area contributed by atoms with Crippen LogP contribution >= 0.6 is 0 Å². The Balaban J connectivity index is 1.23. The maximum atomic E-state index is 6.05. The Morgan fingerprint density at radius 3 is 1.25 bits per heavy atom. The summed E-state index contributed by atoms with van der Waals surface area (Å²) < 4.78 is 22.2. The molecule has 2 aliphatic heterocycles. The maximum Gasteiger partial charge on any atom is 0.119 e. The van der Waals surface area contributed by atoms with Crippen molar-refractivity contribution in [3.05, 3.63) is 150 Å². The van der Waals surface area contributed by atoms with Crippen LogP contribution in [0.2, 0.25) is 0 Å². The molecule has 61 heavy (non-hydrogen) atoms. The topological polar surface area (TPSA) is 120 Å². The van der Waals surface area contributed by atoms with Crippen molar-refractivity contribution in [3.8, 4) is 62.6 Å². The van der Waals surface area contributed by atoms with E-state index in [0.717, 1.165) is 101 Å². The number of nitrogens with one attached hydrogen (secondary N) is 2. The van der Waals surface area contributed by atoms with E-state index in [1.807, 2.05) is 48.5 Å². The molecule has 5 aromatic heterocycles. The zero-order valence-electron chi connectivity index (χ0n) is 33.6. The lowest BCUT2D eigenvalue weighted by molar-refractivity contribution is 0.0180. The van der Waals surface area contributed by atoms with Crippen LogP contribution in [-0.4, -0.2) is 76.7 Å². The van der Waals surface area contributed by atoms with Crippen LogP contribution in [-0.2, 0) is 14.2 Å². The lowest BCUT2D eigenvalue weighted by atomic mass is 10.0. The molecule has 0 fully saturated rings. The highest BCUT2D eigenvalue weighted by Crippen LogP contribution is 2.38. The highest BCUT2D eigenvalue weighted by atomic mass is 16.6. The molecular weight excluding hydrogens is 761 g/mol. The van der Waals surface area contributed by atoms with Gasteiger partial charge in [-0.3, -0.25) is 9.97 Å². The highest BCUT2D eigenvalue weighted by molar-refractivity contribution is 5.99. The predicted molar refractivity (Wildman–Crippen MR) is 243 cm³/mol. The smallest absolute Gasteiger partial charge is 0.119 e. The number of ether oxygens (including phenoxy) is 4. The monoisotopic (exact) mass is 802 g/mol. The van der Waals surface area contributed by atoms with Gasteiger partial charge in [-0.05, 0) is 119 Å². The predicted octanol–water partition coefficient (Wildman–Crippen LogP) is 10.2. The summed E-state index contributed by atoms with van der Waals surface area (Å²) >= 11 is 0. The molecule has 2 aliphatic rings. The van der Waals surface area contributed by atoms with Crippen molar-refractivity contribution in [2.45, 2.75) is 0 Å². The molecule has 0 unspecified atom stereocenters. The van der Waals surface area contributed by atoms with E-state index >= 15 is 0 Å². The number of H-pyrrole nitrogens is 2. The first-order valence-corrected chi connectivity index (χ1v) is 20.1. The Hall–Kier alpha value is -7.42. The molecule has 0 saturated heterocycles. The maximum absolute atomic E-state index is 6.05. The second kappa shape index (κ2) is 18.2. The lowest BCUT2D eigenvalue weighted by Gasteiger charge is -2.09. The Labute approximate surface area is 353 Å². The normalized spacial score (nSPS) is 11.8. The van der Waals surface area contributed by atoms with Crippen LogP contribution < -0.4 is 4.74 Å². The summed E-state index contributed by atoms with van der Waals surface area (Å²) in [6.45, 7) is 2.98. The molecule has 7 aromatic rings. The van der Waals surface area contributed by atoms with Gasteiger partial charge in [-0.1, -0.05) is 30.2 Å². The van der Waals surface area contributed by atoms with Gasteiger partial charge in [0.25, 0.3) is 0 Å². The van der Waals surface area contributed by atoms with Gasteiger partial charge in [0.05, 0.1) is 55.8 Å². The number of rotatable bonds is 14. The number of aromatic amines is 2. The number of hydrogen-bond acceptors (Lipinski definition) is 8. The van der Waals surface area contributed by atoms with Gasteiger partial charge in [-0.2, -0.15) is 0 Å². The molecule has 0 radical (unpaired) electrons. The Bertz CT molecular complexity index is 2890. The number of aromatic nitrogens is 6. The Kier molecular flexibility index (Phi) is 11.7. The number of fused-ring (bicyclic) bond motifs is 8. The average Bonchev–Trinajstić information content (AvgIpc) is 4.16. The van der Waals surface area contributed by atoms with Crippen LogP contribution in [0.25, 0.3) is 90.9 Å². The molecule has 10 heteroatoms. The minimum Gasteiger partial charge on any atom is -0.491 e. The highest BCUT2D eigenvalue weighted by Gasteiger charge is 2.19. The zero-order chi connectivity index (χ0) is 41.4. The van der Waals surface area contributed by atoms with Gasteiger partial charge in [-0.15, -0.1) is 6.42 Å². The molecule has 0 spiro atoms. The van der Waals surface area contributed by atoms with E-state index in [0.29, 0.717) is 39.6 Å². The van der Waals surface area contributed by atoms with Gasteiger partial charge in [-0.25, -0.2) is 9.97 Å². The second-order valence-corrected chi connectivity index (χ2v) is 14.3. The fourth-order valence-corrected chi connectivity index (χ4v) is 7.59. The number of methoxy groups -OCH3 is 1. The summed E-state index contributed by atoms with van der Waals surface area (Å²) in [4.78, 5) is 26.9. The molecule has 0 atom stereocenters. The number of pyridine rings is 2. The van der Waals surface area contributed by atoms with E-state index in [9.17, 15) is 0 Å². The summed E-state index contributed by atoms with van der Waals surface area (Å²) in [6, 6.07) is 32.6. The largest absolute Gasteiger partial charge is 0.491 e. The minimum absolute atomic E-state index is 0.415. The number of benzene rings is 2. The van der Waals surface area contributed by atoms with Crippen LogP contribution in [0, 0.1) is 12.3 Å². The van der Waals surface area contributed by atoms with Crippen molar-refractivity contribution in [2.75, 3.05) is 46.8 Å². The first-order valence-electron chi connectivity index (χ1n) is 20.1. The third-order valence-electron chi connectivity index (χ3n) is 10.5. The van der Waals surface area contributed by atoms with Gasteiger partial charge in [0.1, 0.15) is 12.4 Å². The van der Waals surface area contributed by atoms with Gasteiger partial charge in [0.15, 0.2) is 0 Å². The first kappa shape index (κ1) is 39.1. The van der Waals surface area contributed by atoms with Gasteiger partial charge < -0.3 is 28.9 Å². The molecule has 2 N–H and O–H groups in total. The lowest BCUT2D eigenvalue weighted by Crippen LogP contribution is -2.12. The van der Waals surface area contributed by atoms with Crippen molar-refractivity contribution in [1.82, 2.24) is 29.9 Å². The van der Waals surface area contributed by atoms with E-state index in [-0.39, 0.29) is 0 Å². The molecule has 0 saturated carbocycles. The van der Waals surface area contributed by atoms with Gasteiger partial charge in [0, 0.05) is 81.8 Å². The molecule has 8 bridgehead atoms. The molecule has 0 amide bonds. The molecule has 7 heterocycles. The summed E-state index contributed by atoms with van der Waals surface area (Å²) in [7, 11) is 1.65. The Morgan fingerprint density at radius 1 is 0.459 bits per heavy atom. The molecule has 0 aliphatic carbocycles. The molecular formula is C51H42N6O4. The van der Waals surface area contributed by atoms with Crippen LogP contribution in [0.4, 0.5) is 0 Å². The zero-order valence-corrected chi connectivity index (χ0v) is 33.6. The fraction of sp³-hybridized carbons (Fsp3) is 0.137. The quantitative estimate of drug-likeness (QED) is 0.0824. The number of hydrogen-bond donors (Lipinski definition) is 2. The average molecular weight is 803 g/mol. The summed E-state index contributed by atoms with van der Waals surface area (Å²) in [5, 5.41) is 0. The van der Waals surface area contributed by atoms with E-state index in [4.69, 9.17) is 35.3 Å². The number of terminal acetylenes is 1. The standard InChI is InChI=1S/C51H42N6O4/c1-3-34-4-6-35(7-5-34)48-40-12-16-44(54-40)50(37-20-24-52-25-21-37)46-18-14-42(56-46)49(36-8-10-39(11-9-36)61-33-32-60-31-30-59-29-28-58-2)43-15-19-47(57-43)51(38-22-26-53-27-23-38)45-17-13-41(48)55-45/h1,4-27,54,57H,28-33H2,2H3. The van der Waals surface area contributed by atoms with Crippen molar-refractivity contribution in [3.63, 3.8) is 0 Å². The van der Waals surface area contributed by atoms with Crippen LogP contribution in [0.5, 0.6) is 5.75 Å². The third kappa shape index (κ3) is 8.53. The van der Waals surface area contributed by atoms with E-state index in [2.05, 4.69) is 98.7 Å². The number of nitrogens with zero attached hydrogens (tertiary/aromatic N) is 4. The molecule has 9 rings (SSSR count). The van der Waals surface area contributed by atoms with E-state index < -0.39 is 0 Å². The van der Waals surface area contributed by atoms with Crippen molar-refractivity contribution in [1.29, 1.82) is 0 Å². The van der Waals surface area contributed by atoms with Crippen molar-refractivity contribution < 1.29 is 18.9 Å². The van der Waals surface area contributed by atoms with Crippen molar-refractivity contribution >= 4 is 46.4 Å².